The van der Waals surface area contributed by atoms with Crippen molar-refractivity contribution in [2.45, 2.75) is 24.8 Å². The number of likely N-dealkylation sites (tertiary alicyclic amines) is 1. The molecule has 5 rings (SSSR count). The Hall–Kier alpha value is -2.70. The predicted octanol–water partition coefficient (Wildman–Crippen LogP) is 2.33. The number of hydrogen-bond donors (Lipinski definition) is 1. The van der Waals surface area contributed by atoms with Crippen molar-refractivity contribution < 1.29 is 14.3 Å². The first-order valence-electron chi connectivity index (χ1n) is 9.63. The Morgan fingerprint density at radius 2 is 2.17 bits per heavy atom. The van der Waals surface area contributed by atoms with Gasteiger partial charge in [0.2, 0.25) is 11.8 Å². The number of nitrogens with zero attached hydrogens (tertiary/aromatic N) is 2. The van der Waals surface area contributed by atoms with Gasteiger partial charge in [-0.15, -0.1) is 0 Å². The third-order valence-corrected chi connectivity index (χ3v) is 6.36. The van der Waals surface area contributed by atoms with Gasteiger partial charge in [0.15, 0.2) is 0 Å². The average molecular weight is 410 g/mol. The molecule has 2 saturated heterocycles. The summed E-state index contributed by atoms with van der Waals surface area (Å²) in [6.07, 6.45) is 6.96. The van der Waals surface area contributed by atoms with Gasteiger partial charge in [0.05, 0.1) is 24.5 Å². The number of nitrogens with one attached hydrogen (secondary N) is 1. The number of pyridine rings is 1. The summed E-state index contributed by atoms with van der Waals surface area (Å²) in [6, 6.07) is 11.2. The van der Waals surface area contributed by atoms with Crippen LogP contribution in [0.25, 0.3) is 0 Å². The van der Waals surface area contributed by atoms with Gasteiger partial charge in [0.1, 0.15) is 5.60 Å². The van der Waals surface area contributed by atoms with E-state index < -0.39 is 17.4 Å². The van der Waals surface area contributed by atoms with Crippen LogP contribution >= 0.6 is 11.6 Å². The van der Waals surface area contributed by atoms with E-state index in [4.69, 9.17) is 16.3 Å². The number of rotatable bonds is 5. The Morgan fingerprint density at radius 1 is 1.31 bits per heavy atom. The van der Waals surface area contributed by atoms with Crippen molar-refractivity contribution in [3.05, 3.63) is 77.1 Å². The van der Waals surface area contributed by atoms with E-state index >= 15 is 0 Å². The maximum atomic E-state index is 13.2. The van der Waals surface area contributed by atoms with Crippen LogP contribution in [0.15, 0.2) is 60.9 Å². The molecule has 6 nitrogen and oxygen atoms in total. The summed E-state index contributed by atoms with van der Waals surface area (Å²) in [7, 11) is 0. The van der Waals surface area contributed by atoms with E-state index in [1.165, 1.54) is 0 Å². The van der Waals surface area contributed by atoms with Gasteiger partial charge in [-0.3, -0.25) is 14.6 Å². The Labute approximate surface area is 173 Å². The maximum absolute atomic E-state index is 13.2. The maximum Gasteiger partial charge on any atom is 0.230 e. The molecule has 2 amide bonds. The van der Waals surface area contributed by atoms with E-state index in [0.29, 0.717) is 24.7 Å². The molecule has 1 N–H and O–H groups in total. The fourth-order valence-electron chi connectivity index (χ4n) is 4.67. The first kappa shape index (κ1) is 18.3. The highest BCUT2D eigenvalue weighted by Gasteiger charge is 2.66. The van der Waals surface area contributed by atoms with Gasteiger partial charge in [0.25, 0.3) is 0 Å². The monoisotopic (exact) mass is 409 g/mol. The van der Waals surface area contributed by atoms with Gasteiger partial charge in [0, 0.05) is 30.5 Å². The second-order valence-corrected chi connectivity index (χ2v) is 8.17. The lowest BCUT2D eigenvalue weighted by atomic mass is 9.77. The smallest absolute Gasteiger partial charge is 0.230 e. The minimum atomic E-state index is -0.712. The van der Waals surface area contributed by atoms with Crippen molar-refractivity contribution >= 4 is 23.4 Å². The lowest BCUT2D eigenvalue weighted by molar-refractivity contribution is -0.137. The molecule has 2 fully saturated rings. The minimum absolute atomic E-state index is 0.0430. The van der Waals surface area contributed by atoms with E-state index in [1.54, 1.807) is 23.4 Å². The molecule has 4 atom stereocenters. The fraction of sp³-hybridized carbons (Fsp3) is 0.318. The normalized spacial score (nSPS) is 29.3. The van der Waals surface area contributed by atoms with Crippen molar-refractivity contribution in [3.63, 3.8) is 0 Å². The van der Waals surface area contributed by atoms with Crippen LogP contribution in [0.1, 0.15) is 11.1 Å². The first-order chi connectivity index (χ1) is 14.1. The number of ether oxygens (including phenoxy) is 1. The molecule has 2 aromatic rings. The molecule has 0 aliphatic carbocycles. The highest BCUT2D eigenvalue weighted by molar-refractivity contribution is 6.31. The zero-order chi connectivity index (χ0) is 20.0. The summed E-state index contributed by atoms with van der Waals surface area (Å²) in [5, 5.41) is 3.55. The predicted molar refractivity (Wildman–Crippen MR) is 107 cm³/mol. The number of hydrogen-bond acceptors (Lipinski definition) is 4. The number of carbonyl (C=O) groups is 2. The molecular formula is C22H20ClN3O3. The van der Waals surface area contributed by atoms with Crippen LogP contribution in [-0.4, -0.2) is 39.9 Å². The van der Waals surface area contributed by atoms with Crippen LogP contribution in [0, 0.1) is 11.8 Å². The summed E-state index contributed by atoms with van der Waals surface area (Å²) in [4.78, 5) is 32.1. The molecule has 2 bridgehead atoms. The topological polar surface area (TPSA) is 71.5 Å². The number of aromatic nitrogens is 1. The molecule has 29 heavy (non-hydrogen) atoms. The van der Waals surface area contributed by atoms with Crippen LogP contribution < -0.4 is 5.32 Å². The van der Waals surface area contributed by atoms with Crippen molar-refractivity contribution in [3.8, 4) is 0 Å². The molecule has 0 radical (unpaired) electrons. The zero-order valence-corrected chi connectivity index (χ0v) is 16.4. The Balaban J connectivity index is 1.33. The van der Waals surface area contributed by atoms with Crippen LogP contribution in [-0.2, 0) is 27.4 Å². The van der Waals surface area contributed by atoms with Gasteiger partial charge in [-0.05, 0) is 23.3 Å². The van der Waals surface area contributed by atoms with Crippen LogP contribution in [0.4, 0.5) is 0 Å². The minimum Gasteiger partial charge on any atom is -0.360 e. The van der Waals surface area contributed by atoms with E-state index in [9.17, 15) is 9.59 Å². The molecule has 7 heteroatoms. The first-order valence-corrected chi connectivity index (χ1v) is 10.0. The standard InChI is InChI=1S/C22H20ClN3O3/c23-16-6-2-1-5-15(16)11-25-20(27)18-17-7-8-22(29-17)13-26(21(28)19(18)22)12-14-4-3-9-24-10-14/h1-10,17-19H,11-13H2,(H,25,27)/t17-,18?,19-,22?/m0/s1. The van der Waals surface area contributed by atoms with Gasteiger partial charge in [-0.25, -0.2) is 0 Å². The van der Waals surface area contributed by atoms with Gasteiger partial charge >= 0.3 is 0 Å². The van der Waals surface area contributed by atoms with E-state index in [0.717, 1.165) is 11.1 Å². The molecule has 1 spiro atoms. The molecule has 1 aromatic heterocycles. The Morgan fingerprint density at radius 3 is 2.97 bits per heavy atom. The molecule has 0 saturated carbocycles. The summed E-state index contributed by atoms with van der Waals surface area (Å²) in [5.74, 6) is -1.25. The Kier molecular flexibility index (Phi) is 4.41. The third-order valence-electron chi connectivity index (χ3n) is 5.99. The van der Waals surface area contributed by atoms with Gasteiger partial charge in [-0.2, -0.15) is 0 Å². The van der Waals surface area contributed by atoms with Crippen LogP contribution in [0.3, 0.4) is 0 Å². The molecule has 3 aliphatic rings. The third kappa shape index (κ3) is 3.03. The van der Waals surface area contributed by atoms with Crippen LogP contribution in [0.5, 0.6) is 0 Å². The summed E-state index contributed by atoms with van der Waals surface area (Å²) in [5.41, 5.74) is 1.08. The second kappa shape index (κ2) is 6.97. The number of benzene rings is 1. The molecule has 148 valence electrons. The fourth-order valence-corrected chi connectivity index (χ4v) is 4.87. The van der Waals surface area contributed by atoms with Crippen molar-refractivity contribution in [2.24, 2.45) is 11.8 Å². The molecule has 2 unspecified atom stereocenters. The van der Waals surface area contributed by atoms with E-state index in [1.807, 2.05) is 42.5 Å². The van der Waals surface area contributed by atoms with Crippen molar-refractivity contribution in [2.75, 3.05) is 6.54 Å². The molecule has 4 heterocycles. The summed E-state index contributed by atoms with van der Waals surface area (Å²) >= 11 is 6.18. The Bertz CT molecular complexity index is 996. The lowest BCUT2D eigenvalue weighted by Crippen LogP contribution is -2.43. The number of carbonyl (C=O) groups excluding carboxylic acids is 2. The highest BCUT2D eigenvalue weighted by Crippen LogP contribution is 2.52. The van der Waals surface area contributed by atoms with E-state index in [2.05, 4.69) is 10.3 Å². The molecule has 3 aliphatic heterocycles. The van der Waals surface area contributed by atoms with Gasteiger partial charge < -0.3 is 15.0 Å². The quantitative estimate of drug-likeness (QED) is 0.769. The molecular weight excluding hydrogens is 390 g/mol. The zero-order valence-electron chi connectivity index (χ0n) is 15.6. The summed E-state index contributed by atoms with van der Waals surface area (Å²) < 4.78 is 6.16. The average Bonchev–Trinajstić information content (AvgIpc) is 3.36. The molecule has 1 aromatic carbocycles. The summed E-state index contributed by atoms with van der Waals surface area (Å²) in [6.45, 7) is 1.23. The van der Waals surface area contributed by atoms with Crippen LogP contribution in [0.2, 0.25) is 5.02 Å². The largest absolute Gasteiger partial charge is 0.360 e. The van der Waals surface area contributed by atoms with E-state index in [-0.39, 0.29) is 17.9 Å². The van der Waals surface area contributed by atoms with Crippen molar-refractivity contribution in [1.29, 1.82) is 0 Å². The van der Waals surface area contributed by atoms with Crippen molar-refractivity contribution in [1.82, 2.24) is 15.2 Å². The number of fused-ring (bicyclic) bond motifs is 1. The number of halogens is 1. The highest BCUT2D eigenvalue weighted by atomic mass is 35.5. The number of amides is 2. The SMILES string of the molecule is O=C(NCc1ccccc1Cl)C1[C@@H]2C=CC3(CN(Cc4cccnc4)C(=O)[C@H]13)O2. The second-order valence-electron chi connectivity index (χ2n) is 7.76. The lowest BCUT2D eigenvalue weighted by Gasteiger charge is -2.23. The van der Waals surface area contributed by atoms with Gasteiger partial charge in [-0.1, -0.05) is 48.0 Å².